The Hall–Kier alpha value is 0.310. The quantitative estimate of drug-likeness (QED) is 0.674. The van der Waals surface area contributed by atoms with Gasteiger partial charge < -0.3 is 5.32 Å². The molecule has 1 saturated carbocycles. The fraction of sp³-hybridized carbons (Fsp3) is 1.00. The normalized spacial score (nSPS) is 45.8. The molecule has 0 spiro atoms. The number of hydrogen-bond acceptors (Lipinski definition) is 2. The first-order valence-electron chi connectivity index (χ1n) is 4.99. The minimum absolute atomic E-state index is 0.366. The van der Waals surface area contributed by atoms with Gasteiger partial charge in [0.15, 0.2) is 0 Å². The molecule has 1 aliphatic carbocycles. The van der Waals surface area contributed by atoms with Crippen LogP contribution in [0.3, 0.4) is 0 Å². The third kappa shape index (κ3) is 1.29. The third-order valence-corrected chi connectivity index (χ3v) is 5.35. The summed E-state index contributed by atoms with van der Waals surface area (Å²) in [4.78, 5) is 0.366. The van der Waals surface area contributed by atoms with Gasteiger partial charge in [-0.05, 0) is 38.1 Å². The molecule has 0 aromatic rings. The largest absolute Gasteiger partial charge is 0.303 e. The van der Waals surface area contributed by atoms with E-state index in [1.807, 2.05) is 0 Å². The molecular formula is C10H19NS. The number of hydrogen-bond donors (Lipinski definition) is 1. The monoisotopic (exact) mass is 185 g/mol. The summed E-state index contributed by atoms with van der Waals surface area (Å²) < 4.78 is 0. The Morgan fingerprint density at radius 3 is 2.50 bits per heavy atom. The predicted molar refractivity (Wildman–Crippen MR) is 55.4 cm³/mol. The molecule has 0 bridgehead atoms. The predicted octanol–water partition coefficient (Wildman–Crippen LogP) is 2.62. The maximum atomic E-state index is 3.69. The van der Waals surface area contributed by atoms with Crippen LogP contribution in [0.5, 0.6) is 0 Å². The Kier molecular flexibility index (Phi) is 1.96. The van der Waals surface area contributed by atoms with Crippen LogP contribution in [0.15, 0.2) is 0 Å². The first-order chi connectivity index (χ1) is 5.56. The van der Waals surface area contributed by atoms with Gasteiger partial charge in [-0.1, -0.05) is 13.8 Å². The fourth-order valence-corrected chi connectivity index (χ4v) is 3.75. The van der Waals surface area contributed by atoms with Gasteiger partial charge >= 0.3 is 0 Å². The smallest absolute Gasteiger partial charge is 0.0673 e. The minimum Gasteiger partial charge on any atom is -0.303 e. The maximum absolute atomic E-state index is 3.69. The highest BCUT2D eigenvalue weighted by atomic mass is 32.2. The first kappa shape index (κ1) is 8.89. The molecule has 2 unspecified atom stereocenters. The summed E-state index contributed by atoms with van der Waals surface area (Å²) in [5.74, 6) is 0. The van der Waals surface area contributed by atoms with Gasteiger partial charge in [-0.2, -0.15) is 0 Å². The van der Waals surface area contributed by atoms with Crippen molar-refractivity contribution in [3.05, 3.63) is 0 Å². The van der Waals surface area contributed by atoms with Crippen molar-refractivity contribution in [1.29, 1.82) is 0 Å². The van der Waals surface area contributed by atoms with E-state index in [1.54, 1.807) is 0 Å². The number of nitrogens with one attached hydrogen (secondary N) is 1. The minimum atomic E-state index is 0.366. The van der Waals surface area contributed by atoms with Gasteiger partial charge in [-0.15, -0.1) is 11.8 Å². The van der Waals surface area contributed by atoms with Gasteiger partial charge in [0.25, 0.3) is 0 Å². The van der Waals surface area contributed by atoms with E-state index >= 15 is 0 Å². The topological polar surface area (TPSA) is 12.0 Å². The zero-order chi connectivity index (χ0) is 8.82. The zero-order valence-electron chi connectivity index (χ0n) is 8.31. The molecule has 0 aromatic carbocycles. The molecule has 1 heterocycles. The van der Waals surface area contributed by atoms with Crippen molar-refractivity contribution in [2.45, 2.75) is 50.2 Å². The second kappa shape index (κ2) is 2.65. The Morgan fingerprint density at radius 2 is 2.00 bits per heavy atom. The molecule has 1 N–H and O–H groups in total. The molecule has 1 nitrogen and oxygen atoms in total. The van der Waals surface area contributed by atoms with E-state index in [0.717, 1.165) is 5.25 Å². The molecule has 2 rings (SSSR count). The second-order valence-corrected chi connectivity index (χ2v) is 6.59. The number of rotatable bonds is 1. The van der Waals surface area contributed by atoms with Crippen LogP contribution < -0.4 is 5.32 Å². The molecule has 2 fully saturated rings. The van der Waals surface area contributed by atoms with Gasteiger partial charge in [0.2, 0.25) is 0 Å². The standard InChI is InChI=1S/C10H19NS/c1-8-4-7-11-10(3,12-8)9(2)5-6-9/h8,11H,4-7H2,1-3H3. The molecule has 12 heavy (non-hydrogen) atoms. The van der Waals surface area contributed by atoms with Gasteiger partial charge in [-0.3, -0.25) is 0 Å². The van der Waals surface area contributed by atoms with Crippen molar-refractivity contribution in [2.75, 3.05) is 6.54 Å². The molecule has 70 valence electrons. The average Bonchev–Trinajstić information content (AvgIpc) is 2.69. The van der Waals surface area contributed by atoms with Gasteiger partial charge in [0, 0.05) is 5.25 Å². The van der Waals surface area contributed by atoms with E-state index in [1.165, 1.54) is 25.8 Å². The number of thioether (sulfide) groups is 1. The third-order valence-electron chi connectivity index (χ3n) is 3.60. The summed E-state index contributed by atoms with van der Waals surface area (Å²) in [6, 6.07) is 0. The highest BCUT2D eigenvalue weighted by Crippen LogP contribution is 2.59. The Bertz CT molecular complexity index is 188. The summed E-state index contributed by atoms with van der Waals surface area (Å²) in [6.07, 6.45) is 4.16. The van der Waals surface area contributed by atoms with Crippen molar-refractivity contribution in [3.8, 4) is 0 Å². The van der Waals surface area contributed by atoms with E-state index < -0.39 is 0 Å². The first-order valence-corrected chi connectivity index (χ1v) is 5.87. The van der Waals surface area contributed by atoms with Crippen molar-refractivity contribution in [2.24, 2.45) is 5.41 Å². The van der Waals surface area contributed by atoms with Gasteiger partial charge in [0.05, 0.1) is 4.87 Å². The van der Waals surface area contributed by atoms with Gasteiger partial charge in [0.1, 0.15) is 0 Å². The van der Waals surface area contributed by atoms with Crippen LogP contribution in [0.25, 0.3) is 0 Å². The lowest BCUT2D eigenvalue weighted by atomic mass is 9.99. The highest BCUT2D eigenvalue weighted by Gasteiger charge is 2.54. The summed E-state index contributed by atoms with van der Waals surface area (Å²) >= 11 is 2.15. The van der Waals surface area contributed by atoms with E-state index in [0.29, 0.717) is 10.3 Å². The molecule has 2 aliphatic rings. The van der Waals surface area contributed by atoms with Gasteiger partial charge in [-0.25, -0.2) is 0 Å². The van der Waals surface area contributed by atoms with Crippen LogP contribution in [-0.2, 0) is 0 Å². The van der Waals surface area contributed by atoms with E-state index in [-0.39, 0.29) is 0 Å². The van der Waals surface area contributed by atoms with Crippen LogP contribution in [0, 0.1) is 5.41 Å². The Labute approximate surface area is 79.7 Å². The maximum Gasteiger partial charge on any atom is 0.0673 e. The van der Waals surface area contributed by atoms with Crippen molar-refractivity contribution < 1.29 is 0 Å². The van der Waals surface area contributed by atoms with Crippen molar-refractivity contribution in [3.63, 3.8) is 0 Å². The van der Waals surface area contributed by atoms with Crippen LogP contribution in [-0.4, -0.2) is 16.7 Å². The fourth-order valence-electron chi connectivity index (χ4n) is 2.04. The average molecular weight is 185 g/mol. The molecule has 2 atom stereocenters. The molecular weight excluding hydrogens is 166 g/mol. The molecule has 0 aromatic heterocycles. The molecule has 1 saturated heterocycles. The van der Waals surface area contributed by atoms with E-state index in [2.05, 4.69) is 37.8 Å². The SMILES string of the molecule is CC1CCNC(C)(C2(C)CC2)S1. The lowest BCUT2D eigenvalue weighted by Gasteiger charge is -2.42. The zero-order valence-corrected chi connectivity index (χ0v) is 9.13. The summed E-state index contributed by atoms with van der Waals surface area (Å²) in [7, 11) is 0. The second-order valence-electron chi connectivity index (χ2n) is 4.74. The van der Waals surface area contributed by atoms with Crippen LogP contribution in [0.2, 0.25) is 0 Å². The van der Waals surface area contributed by atoms with Crippen LogP contribution >= 0.6 is 11.8 Å². The summed E-state index contributed by atoms with van der Waals surface area (Å²) in [5.41, 5.74) is 0.590. The summed E-state index contributed by atoms with van der Waals surface area (Å²) in [6.45, 7) is 8.38. The van der Waals surface area contributed by atoms with Crippen molar-refractivity contribution >= 4 is 11.8 Å². The molecule has 0 radical (unpaired) electrons. The Balaban J connectivity index is 2.08. The van der Waals surface area contributed by atoms with Crippen LogP contribution in [0.4, 0.5) is 0 Å². The Morgan fingerprint density at radius 1 is 1.33 bits per heavy atom. The van der Waals surface area contributed by atoms with Crippen LogP contribution in [0.1, 0.15) is 40.0 Å². The van der Waals surface area contributed by atoms with Crippen molar-refractivity contribution in [1.82, 2.24) is 5.32 Å². The van der Waals surface area contributed by atoms with E-state index in [9.17, 15) is 0 Å². The lowest BCUT2D eigenvalue weighted by Crippen LogP contribution is -2.51. The lowest BCUT2D eigenvalue weighted by molar-refractivity contribution is 0.327. The van der Waals surface area contributed by atoms with E-state index in [4.69, 9.17) is 0 Å². The molecule has 0 amide bonds. The highest BCUT2D eigenvalue weighted by molar-refractivity contribution is 8.01. The summed E-state index contributed by atoms with van der Waals surface area (Å²) in [5, 5.41) is 4.53. The molecule has 1 aliphatic heterocycles. The molecule has 2 heteroatoms.